The zero-order valence-electron chi connectivity index (χ0n) is 11.1. The zero-order chi connectivity index (χ0) is 16.7. The maximum Gasteiger partial charge on any atom is 0.336 e. The van der Waals surface area contributed by atoms with Gasteiger partial charge < -0.3 is 10.2 Å². The summed E-state index contributed by atoms with van der Waals surface area (Å²) in [6, 6.07) is 0. The van der Waals surface area contributed by atoms with Crippen LogP contribution in [-0.4, -0.2) is 38.2 Å². The molecular weight excluding hydrogens is 442 g/mol. The quantitative estimate of drug-likeness (QED) is 0.539. The highest BCUT2D eigenvalue weighted by Gasteiger charge is 2.57. The van der Waals surface area contributed by atoms with E-state index in [1.807, 2.05) is 0 Å². The summed E-state index contributed by atoms with van der Waals surface area (Å²) in [6.07, 6.45) is 1.38. The molecule has 1 aliphatic rings. The Bertz CT molecular complexity index is 738. The molecule has 1 atom stereocenters. The number of carboxylic acid groups (broad SMARTS) is 2. The van der Waals surface area contributed by atoms with Gasteiger partial charge in [-0.3, -0.25) is 9.59 Å². The number of hydrogen-bond acceptors (Lipinski definition) is 5. The number of aliphatic carboxylic acids is 2. The summed E-state index contributed by atoms with van der Waals surface area (Å²) < 4.78 is -0.0628. The molecule has 2 rings (SSSR count). The molecule has 22 heavy (non-hydrogen) atoms. The molecular formula is C13H9Br2NO5S. The van der Waals surface area contributed by atoms with Crippen LogP contribution in [0.15, 0.2) is 32.8 Å². The molecule has 9 heteroatoms. The minimum atomic E-state index is -2.14. The van der Waals surface area contributed by atoms with Gasteiger partial charge in [-0.05, 0) is 34.0 Å². The number of nitrogens with zero attached hydrogens (tertiary/aromatic N) is 1. The number of Topliss-reactive ketones (excluding diaryl/α,β-unsaturated/α-hetero) is 1. The highest BCUT2D eigenvalue weighted by Crippen LogP contribution is 2.46. The number of allylic oxidation sites excluding steroid dienone is 1. The van der Waals surface area contributed by atoms with Crippen molar-refractivity contribution in [2.24, 2.45) is 0 Å². The fourth-order valence-electron chi connectivity index (χ4n) is 2.40. The van der Waals surface area contributed by atoms with Crippen LogP contribution in [0, 0.1) is 0 Å². The van der Waals surface area contributed by atoms with Crippen LogP contribution in [0.25, 0.3) is 0 Å². The molecule has 0 saturated carbocycles. The van der Waals surface area contributed by atoms with Crippen molar-refractivity contribution in [1.82, 2.24) is 4.98 Å². The molecule has 0 radical (unpaired) electrons. The van der Waals surface area contributed by atoms with E-state index in [4.69, 9.17) is 0 Å². The number of halogens is 2. The van der Waals surface area contributed by atoms with Gasteiger partial charge in [-0.1, -0.05) is 15.9 Å². The number of carbonyl (C=O) groups excluding carboxylic acids is 1. The van der Waals surface area contributed by atoms with E-state index in [1.165, 1.54) is 13.1 Å². The van der Waals surface area contributed by atoms with E-state index in [9.17, 15) is 24.6 Å². The molecule has 1 unspecified atom stereocenters. The molecule has 0 aliphatic heterocycles. The van der Waals surface area contributed by atoms with Gasteiger partial charge >= 0.3 is 11.9 Å². The Morgan fingerprint density at radius 1 is 1.41 bits per heavy atom. The highest BCUT2D eigenvalue weighted by molar-refractivity contribution is 9.12. The Labute approximate surface area is 145 Å². The summed E-state index contributed by atoms with van der Waals surface area (Å²) in [7, 11) is 0. The van der Waals surface area contributed by atoms with E-state index in [1.54, 1.807) is 5.38 Å². The minimum Gasteiger partial charge on any atom is -0.480 e. The first-order chi connectivity index (χ1) is 10.3. The SMILES string of the molecule is CC1=C(Br)C(=O)C(C(=O)O)(c2nccs2)C(CBr)=C1C(=O)O. The van der Waals surface area contributed by atoms with Crippen molar-refractivity contribution in [2.45, 2.75) is 12.3 Å². The van der Waals surface area contributed by atoms with E-state index in [0.717, 1.165) is 11.3 Å². The average Bonchev–Trinajstić information content (AvgIpc) is 2.97. The molecule has 0 aromatic carbocycles. The molecule has 1 aliphatic carbocycles. The molecule has 0 amide bonds. The van der Waals surface area contributed by atoms with Gasteiger partial charge in [-0.15, -0.1) is 11.3 Å². The van der Waals surface area contributed by atoms with E-state index in [0.29, 0.717) is 0 Å². The van der Waals surface area contributed by atoms with Crippen LogP contribution >= 0.6 is 43.2 Å². The van der Waals surface area contributed by atoms with Crippen LogP contribution in [0.5, 0.6) is 0 Å². The van der Waals surface area contributed by atoms with Crippen molar-refractivity contribution >= 4 is 60.9 Å². The molecule has 0 bridgehead atoms. The lowest BCUT2D eigenvalue weighted by atomic mass is 9.70. The second-order valence-corrected chi connectivity index (χ2v) is 6.70. The normalized spacial score (nSPS) is 22.2. The molecule has 1 heterocycles. The van der Waals surface area contributed by atoms with Gasteiger partial charge in [0.25, 0.3) is 0 Å². The van der Waals surface area contributed by atoms with E-state index < -0.39 is 23.1 Å². The number of rotatable bonds is 4. The second-order valence-electron chi connectivity index (χ2n) is 4.45. The Hall–Kier alpha value is -1.32. The summed E-state index contributed by atoms with van der Waals surface area (Å²) in [5.41, 5.74) is -2.17. The summed E-state index contributed by atoms with van der Waals surface area (Å²) in [6.45, 7) is 1.46. The van der Waals surface area contributed by atoms with Gasteiger partial charge in [0.15, 0.2) is 5.78 Å². The van der Waals surface area contributed by atoms with Crippen molar-refractivity contribution < 1.29 is 24.6 Å². The van der Waals surface area contributed by atoms with Crippen molar-refractivity contribution in [1.29, 1.82) is 0 Å². The molecule has 0 saturated heterocycles. The molecule has 0 spiro atoms. The fraction of sp³-hybridized carbons (Fsp3) is 0.231. The predicted molar refractivity (Wildman–Crippen MR) is 86.5 cm³/mol. The second kappa shape index (κ2) is 6.05. The third-order valence-corrected chi connectivity index (χ3v) is 5.83. The summed E-state index contributed by atoms with van der Waals surface area (Å²) in [5, 5.41) is 20.8. The summed E-state index contributed by atoms with van der Waals surface area (Å²) >= 11 is 7.16. The number of alkyl halides is 1. The number of hydrogen-bond donors (Lipinski definition) is 2. The molecule has 116 valence electrons. The number of aromatic nitrogens is 1. The van der Waals surface area contributed by atoms with Gasteiger partial charge in [0, 0.05) is 16.9 Å². The first kappa shape index (κ1) is 17.0. The molecule has 6 nitrogen and oxygen atoms in total. The highest BCUT2D eigenvalue weighted by atomic mass is 79.9. The van der Waals surface area contributed by atoms with E-state index in [2.05, 4.69) is 36.8 Å². The van der Waals surface area contributed by atoms with E-state index >= 15 is 0 Å². The number of carboxylic acids is 2. The Morgan fingerprint density at radius 2 is 2.05 bits per heavy atom. The van der Waals surface area contributed by atoms with Gasteiger partial charge in [0.05, 0.1) is 10.1 Å². The predicted octanol–water partition coefficient (Wildman–Crippen LogP) is 2.49. The first-order valence-electron chi connectivity index (χ1n) is 5.87. The van der Waals surface area contributed by atoms with Crippen molar-refractivity contribution in [3.05, 3.63) is 37.8 Å². The van der Waals surface area contributed by atoms with Crippen molar-refractivity contribution in [3.63, 3.8) is 0 Å². The summed E-state index contributed by atoms with van der Waals surface area (Å²) in [5.74, 6) is -3.48. The Kier molecular flexibility index (Phi) is 4.69. The van der Waals surface area contributed by atoms with Crippen LogP contribution in [0.3, 0.4) is 0 Å². The van der Waals surface area contributed by atoms with Crippen LogP contribution in [0.2, 0.25) is 0 Å². The molecule has 1 aromatic rings. The third kappa shape index (κ3) is 2.19. The molecule has 2 N–H and O–H groups in total. The van der Waals surface area contributed by atoms with Crippen LogP contribution in [-0.2, 0) is 19.8 Å². The topological polar surface area (TPSA) is 105 Å². The Balaban J connectivity index is 2.97. The van der Waals surface area contributed by atoms with E-state index in [-0.39, 0.29) is 31.5 Å². The van der Waals surface area contributed by atoms with Gasteiger partial charge in [0.1, 0.15) is 5.01 Å². The molecule has 0 fully saturated rings. The smallest absolute Gasteiger partial charge is 0.336 e. The first-order valence-corrected chi connectivity index (χ1v) is 8.67. The standard InChI is InChI=1S/C13H9Br2NO5S/c1-5-7(10(18)19)6(4-14)13(12(20)21,9(17)8(5)15)11-16-2-3-22-11/h2-3H,4H2,1H3,(H,18,19)(H,20,21). The minimum absolute atomic E-state index is 0.0302. The maximum atomic E-state index is 12.8. The van der Waals surface area contributed by atoms with Crippen LogP contribution < -0.4 is 0 Å². The maximum absolute atomic E-state index is 12.8. The monoisotopic (exact) mass is 449 g/mol. The van der Waals surface area contributed by atoms with Crippen LogP contribution in [0.1, 0.15) is 11.9 Å². The lowest BCUT2D eigenvalue weighted by Crippen LogP contribution is -2.49. The van der Waals surface area contributed by atoms with Crippen LogP contribution in [0.4, 0.5) is 0 Å². The number of thiazole rings is 1. The lowest BCUT2D eigenvalue weighted by molar-refractivity contribution is -0.145. The number of ketones is 1. The number of carbonyl (C=O) groups is 3. The average molecular weight is 451 g/mol. The van der Waals surface area contributed by atoms with Gasteiger partial charge in [-0.2, -0.15) is 0 Å². The van der Waals surface area contributed by atoms with Crippen molar-refractivity contribution in [3.8, 4) is 0 Å². The van der Waals surface area contributed by atoms with Crippen molar-refractivity contribution in [2.75, 3.05) is 5.33 Å². The van der Waals surface area contributed by atoms with Gasteiger partial charge in [0.2, 0.25) is 5.41 Å². The Morgan fingerprint density at radius 3 is 2.45 bits per heavy atom. The fourth-order valence-corrected chi connectivity index (χ4v) is 4.45. The summed E-state index contributed by atoms with van der Waals surface area (Å²) in [4.78, 5) is 40.4. The third-order valence-electron chi connectivity index (χ3n) is 3.42. The van der Waals surface area contributed by atoms with Gasteiger partial charge in [-0.25, -0.2) is 9.78 Å². The zero-order valence-corrected chi connectivity index (χ0v) is 15.1. The lowest BCUT2D eigenvalue weighted by Gasteiger charge is -2.33. The largest absolute Gasteiger partial charge is 0.480 e. The molecule has 1 aromatic heterocycles.